The van der Waals surface area contributed by atoms with Crippen LogP contribution in [0.3, 0.4) is 0 Å². The molecule has 0 unspecified atom stereocenters. The predicted octanol–water partition coefficient (Wildman–Crippen LogP) is -0.0462. The molecule has 0 saturated carbocycles. The fraction of sp³-hybridized carbons (Fsp3) is 0.250. The Morgan fingerprint density at radius 3 is 2.75 bits per heavy atom. The molecule has 108 valence electrons. The van der Waals surface area contributed by atoms with Crippen LogP contribution in [0.5, 0.6) is 0 Å². The van der Waals surface area contributed by atoms with Gasteiger partial charge in [0.15, 0.2) is 0 Å². The smallest absolute Gasteiger partial charge is 0.328 e. The lowest BCUT2D eigenvalue weighted by Crippen LogP contribution is -2.29. The monoisotopic (exact) mass is 298 g/mol. The van der Waals surface area contributed by atoms with Crippen molar-refractivity contribution in [3.8, 4) is 0 Å². The van der Waals surface area contributed by atoms with Crippen molar-refractivity contribution in [2.24, 2.45) is 0 Å². The van der Waals surface area contributed by atoms with Gasteiger partial charge in [-0.3, -0.25) is 9.78 Å². The molecule has 0 fully saturated rings. The molecule has 1 amide bonds. The molecule has 0 radical (unpaired) electrons. The number of pyridine rings is 1. The SMILES string of the molecule is CS(=O)(=O)CCNC(=O)c1ncccc1/C=C/C(=O)O. The first kappa shape index (κ1) is 15.8. The predicted molar refractivity (Wildman–Crippen MR) is 73.0 cm³/mol. The number of rotatable bonds is 6. The van der Waals surface area contributed by atoms with E-state index < -0.39 is 21.7 Å². The summed E-state index contributed by atoms with van der Waals surface area (Å²) in [6.45, 7) is -0.0314. The van der Waals surface area contributed by atoms with E-state index in [4.69, 9.17) is 5.11 Å². The van der Waals surface area contributed by atoms with Crippen LogP contribution in [0.1, 0.15) is 16.1 Å². The summed E-state index contributed by atoms with van der Waals surface area (Å²) in [4.78, 5) is 26.2. The van der Waals surface area contributed by atoms with Crippen LogP contribution in [0.15, 0.2) is 24.4 Å². The van der Waals surface area contributed by atoms with Gasteiger partial charge in [0, 0.05) is 30.6 Å². The molecule has 2 N–H and O–H groups in total. The van der Waals surface area contributed by atoms with Gasteiger partial charge in [0.05, 0.1) is 5.75 Å². The van der Waals surface area contributed by atoms with Crippen molar-refractivity contribution in [3.05, 3.63) is 35.7 Å². The van der Waals surface area contributed by atoms with Crippen molar-refractivity contribution in [2.75, 3.05) is 18.6 Å². The van der Waals surface area contributed by atoms with Crippen LogP contribution in [0.25, 0.3) is 6.08 Å². The van der Waals surface area contributed by atoms with Crippen LogP contribution in [-0.4, -0.2) is 48.9 Å². The van der Waals surface area contributed by atoms with Crippen LogP contribution in [0.2, 0.25) is 0 Å². The van der Waals surface area contributed by atoms with E-state index in [1.165, 1.54) is 18.3 Å². The molecule has 8 heteroatoms. The largest absolute Gasteiger partial charge is 0.478 e. The Bertz CT molecular complexity index is 637. The molecule has 1 rings (SSSR count). The van der Waals surface area contributed by atoms with Gasteiger partial charge in [-0.2, -0.15) is 0 Å². The van der Waals surface area contributed by atoms with Gasteiger partial charge in [0.25, 0.3) is 5.91 Å². The van der Waals surface area contributed by atoms with Gasteiger partial charge in [-0.05, 0) is 12.1 Å². The highest BCUT2D eigenvalue weighted by atomic mass is 32.2. The fourth-order valence-corrected chi connectivity index (χ4v) is 1.81. The summed E-state index contributed by atoms with van der Waals surface area (Å²) in [6.07, 6.45) is 4.61. The molecule has 1 heterocycles. The molecule has 7 nitrogen and oxygen atoms in total. The van der Waals surface area contributed by atoms with Gasteiger partial charge < -0.3 is 10.4 Å². The average Bonchev–Trinajstić information content (AvgIpc) is 2.35. The lowest BCUT2D eigenvalue weighted by molar-refractivity contribution is -0.131. The summed E-state index contributed by atoms with van der Waals surface area (Å²) in [5.41, 5.74) is 0.380. The van der Waals surface area contributed by atoms with Gasteiger partial charge in [-0.25, -0.2) is 13.2 Å². The summed E-state index contributed by atoms with van der Waals surface area (Å²) in [6, 6.07) is 3.10. The highest BCUT2D eigenvalue weighted by Crippen LogP contribution is 2.07. The van der Waals surface area contributed by atoms with E-state index in [0.717, 1.165) is 12.3 Å². The molecule has 0 saturated heterocycles. The van der Waals surface area contributed by atoms with Crippen molar-refractivity contribution in [3.63, 3.8) is 0 Å². The minimum absolute atomic E-state index is 0.0314. The molecule has 0 atom stereocenters. The third-order valence-electron chi connectivity index (χ3n) is 2.22. The van der Waals surface area contributed by atoms with Gasteiger partial charge >= 0.3 is 5.97 Å². The van der Waals surface area contributed by atoms with Gasteiger partial charge in [-0.1, -0.05) is 6.07 Å². The molecule has 20 heavy (non-hydrogen) atoms. The van der Waals surface area contributed by atoms with Gasteiger partial charge in [0.1, 0.15) is 15.5 Å². The van der Waals surface area contributed by atoms with Crippen LogP contribution >= 0.6 is 0 Å². The summed E-state index contributed by atoms with van der Waals surface area (Å²) in [5.74, 6) is -1.87. The molecule has 1 aromatic heterocycles. The minimum Gasteiger partial charge on any atom is -0.478 e. The maximum Gasteiger partial charge on any atom is 0.328 e. The molecular formula is C12H14N2O5S. The van der Waals surface area contributed by atoms with Crippen molar-refractivity contribution in [2.45, 2.75) is 0 Å². The standard InChI is InChI=1S/C12H14N2O5S/c1-20(18,19)8-7-14-12(17)11-9(3-2-6-13-11)4-5-10(15)16/h2-6H,7-8H2,1H3,(H,14,17)(H,15,16)/b5-4+. The first-order chi connectivity index (χ1) is 9.29. The quantitative estimate of drug-likeness (QED) is 0.712. The second-order valence-corrected chi connectivity index (χ2v) is 6.26. The Balaban J connectivity index is 2.80. The second-order valence-electron chi connectivity index (χ2n) is 4.00. The lowest BCUT2D eigenvalue weighted by atomic mass is 10.1. The number of amides is 1. The van der Waals surface area contributed by atoms with E-state index >= 15 is 0 Å². The van der Waals surface area contributed by atoms with Crippen LogP contribution in [0, 0.1) is 0 Å². The molecular weight excluding hydrogens is 284 g/mol. The topological polar surface area (TPSA) is 113 Å². The number of sulfone groups is 1. The van der Waals surface area contributed by atoms with Gasteiger partial charge in [0.2, 0.25) is 0 Å². The van der Waals surface area contributed by atoms with Gasteiger partial charge in [-0.15, -0.1) is 0 Å². The minimum atomic E-state index is -3.16. The van der Waals surface area contributed by atoms with E-state index in [-0.39, 0.29) is 18.0 Å². The third kappa shape index (κ3) is 5.61. The summed E-state index contributed by atoms with van der Waals surface area (Å²) >= 11 is 0. The van der Waals surface area contributed by atoms with E-state index in [1.54, 1.807) is 6.07 Å². The maximum absolute atomic E-state index is 11.8. The summed E-state index contributed by atoms with van der Waals surface area (Å²) < 4.78 is 21.9. The summed E-state index contributed by atoms with van der Waals surface area (Å²) in [7, 11) is -3.16. The zero-order chi connectivity index (χ0) is 15.2. The number of carboxylic acids is 1. The molecule has 0 aliphatic heterocycles. The second kappa shape index (κ2) is 6.80. The van der Waals surface area contributed by atoms with Crippen LogP contribution in [0.4, 0.5) is 0 Å². The Morgan fingerprint density at radius 1 is 1.45 bits per heavy atom. The van der Waals surface area contributed by atoms with Crippen molar-refractivity contribution < 1.29 is 23.1 Å². The van der Waals surface area contributed by atoms with E-state index in [0.29, 0.717) is 5.56 Å². The molecule has 1 aromatic rings. The summed E-state index contributed by atoms with van der Waals surface area (Å²) in [5, 5.41) is 11.0. The molecule has 0 aliphatic carbocycles. The molecule has 0 bridgehead atoms. The van der Waals surface area contributed by atoms with E-state index in [2.05, 4.69) is 10.3 Å². The first-order valence-corrected chi connectivity index (χ1v) is 7.67. The number of hydrogen-bond donors (Lipinski definition) is 2. The van der Waals surface area contributed by atoms with Crippen molar-refractivity contribution in [1.82, 2.24) is 10.3 Å². The number of nitrogens with one attached hydrogen (secondary N) is 1. The Labute approximate surface area is 116 Å². The fourth-order valence-electron chi connectivity index (χ4n) is 1.34. The average molecular weight is 298 g/mol. The number of aromatic nitrogens is 1. The highest BCUT2D eigenvalue weighted by Gasteiger charge is 2.11. The zero-order valence-corrected chi connectivity index (χ0v) is 11.6. The number of carbonyl (C=O) groups is 2. The number of hydrogen-bond acceptors (Lipinski definition) is 5. The van der Waals surface area contributed by atoms with E-state index in [1.807, 2.05) is 0 Å². The Kier molecular flexibility index (Phi) is 5.39. The van der Waals surface area contributed by atoms with Crippen molar-refractivity contribution in [1.29, 1.82) is 0 Å². The maximum atomic E-state index is 11.8. The number of aliphatic carboxylic acids is 1. The molecule has 0 spiro atoms. The first-order valence-electron chi connectivity index (χ1n) is 5.61. The Hall–Kier alpha value is -2.22. The zero-order valence-electron chi connectivity index (χ0n) is 10.7. The van der Waals surface area contributed by atoms with Crippen LogP contribution in [-0.2, 0) is 14.6 Å². The normalized spacial score (nSPS) is 11.4. The molecule has 0 aromatic carbocycles. The molecule has 0 aliphatic rings. The van der Waals surface area contributed by atoms with Crippen LogP contribution < -0.4 is 5.32 Å². The number of nitrogens with zero attached hydrogens (tertiary/aromatic N) is 1. The number of carbonyl (C=O) groups excluding carboxylic acids is 1. The van der Waals surface area contributed by atoms with Crippen molar-refractivity contribution >= 4 is 27.8 Å². The Morgan fingerprint density at radius 2 is 2.15 bits per heavy atom. The lowest BCUT2D eigenvalue weighted by Gasteiger charge is -2.06. The third-order valence-corrected chi connectivity index (χ3v) is 3.16. The highest BCUT2D eigenvalue weighted by molar-refractivity contribution is 7.90. The number of carboxylic acid groups (broad SMARTS) is 1. The van der Waals surface area contributed by atoms with E-state index in [9.17, 15) is 18.0 Å².